The molecule has 2 N–H and O–H groups in total. The molecule has 0 radical (unpaired) electrons. The van der Waals surface area contributed by atoms with Gasteiger partial charge >= 0.3 is 0 Å². The van der Waals surface area contributed by atoms with E-state index in [1.165, 1.54) is 0 Å². The number of nitriles is 1. The minimum absolute atomic E-state index is 0.131. The quantitative estimate of drug-likeness (QED) is 0.691. The Morgan fingerprint density at radius 1 is 1.23 bits per heavy atom. The maximum absolute atomic E-state index is 9.41. The van der Waals surface area contributed by atoms with Crippen LogP contribution in [-0.4, -0.2) is 9.55 Å². The molecule has 2 aromatic heterocycles. The topological polar surface area (TPSA) is 67.6 Å². The summed E-state index contributed by atoms with van der Waals surface area (Å²) < 4.78 is 2.04. The molecule has 0 spiro atoms. The van der Waals surface area contributed by atoms with Gasteiger partial charge in [-0.25, -0.2) is 4.98 Å². The molecule has 110 valence electrons. The molecule has 3 aromatic rings. The molecule has 4 nitrogen and oxygen atoms in total. The molecule has 4 heteroatoms. The van der Waals surface area contributed by atoms with E-state index in [1.807, 2.05) is 47.3 Å². The first kappa shape index (κ1) is 14.2. The van der Waals surface area contributed by atoms with Gasteiger partial charge in [0.1, 0.15) is 11.7 Å². The summed E-state index contributed by atoms with van der Waals surface area (Å²) in [6.45, 7) is 6.29. The Morgan fingerprint density at radius 2 is 1.95 bits per heavy atom. The van der Waals surface area contributed by atoms with Gasteiger partial charge in [-0.05, 0) is 32.9 Å². The average Bonchev–Trinajstić information content (AvgIpc) is 2.85. The molecule has 0 aliphatic heterocycles. The summed E-state index contributed by atoms with van der Waals surface area (Å²) in [4.78, 5) is 4.59. The number of fused-ring (bicyclic) bond motifs is 1. The number of aromatic nitrogens is 2. The molecule has 0 saturated heterocycles. The molecule has 0 amide bonds. The van der Waals surface area contributed by atoms with Crippen LogP contribution in [0.1, 0.15) is 26.3 Å². The normalized spacial score (nSPS) is 11.5. The van der Waals surface area contributed by atoms with Gasteiger partial charge in [0.2, 0.25) is 0 Å². The molecular formula is C18H18N4. The Kier molecular flexibility index (Phi) is 3.14. The van der Waals surface area contributed by atoms with Crippen molar-refractivity contribution < 1.29 is 0 Å². The molecule has 1 aromatic carbocycles. The highest BCUT2D eigenvalue weighted by atomic mass is 15.1. The molecule has 22 heavy (non-hydrogen) atoms. The van der Waals surface area contributed by atoms with Gasteiger partial charge in [0.15, 0.2) is 0 Å². The maximum atomic E-state index is 9.41. The van der Waals surface area contributed by atoms with Crippen molar-refractivity contribution in [2.75, 3.05) is 5.73 Å². The van der Waals surface area contributed by atoms with E-state index in [0.717, 1.165) is 22.2 Å². The smallest absolute Gasteiger partial charge is 0.141 e. The molecule has 0 fully saturated rings. The largest absolute Gasteiger partial charge is 0.398 e. The minimum Gasteiger partial charge on any atom is -0.398 e. The lowest BCUT2D eigenvalue weighted by molar-refractivity contribution is 0.408. The van der Waals surface area contributed by atoms with Gasteiger partial charge in [0.05, 0.1) is 5.56 Å². The van der Waals surface area contributed by atoms with Crippen LogP contribution in [0.4, 0.5) is 5.69 Å². The highest BCUT2D eigenvalue weighted by Crippen LogP contribution is 2.31. The Labute approximate surface area is 129 Å². The fourth-order valence-electron chi connectivity index (χ4n) is 2.62. The van der Waals surface area contributed by atoms with Crippen LogP contribution in [0.25, 0.3) is 22.2 Å². The lowest BCUT2D eigenvalue weighted by Crippen LogP contribution is -2.20. The molecule has 0 bridgehead atoms. The second kappa shape index (κ2) is 4.88. The van der Waals surface area contributed by atoms with Crippen molar-refractivity contribution >= 4 is 16.7 Å². The number of benzene rings is 1. The monoisotopic (exact) mass is 290 g/mol. The van der Waals surface area contributed by atoms with Crippen LogP contribution < -0.4 is 5.73 Å². The van der Waals surface area contributed by atoms with Crippen molar-refractivity contribution in [2.45, 2.75) is 26.3 Å². The molecule has 0 unspecified atom stereocenters. The average molecular weight is 290 g/mol. The first-order valence-electron chi connectivity index (χ1n) is 7.18. The van der Waals surface area contributed by atoms with E-state index < -0.39 is 0 Å². The third-order valence-electron chi connectivity index (χ3n) is 3.76. The number of hydrogen-bond acceptors (Lipinski definition) is 3. The second-order valence-corrected chi connectivity index (χ2v) is 6.38. The van der Waals surface area contributed by atoms with E-state index in [0.29, 0.717) is 11.3 Å². The van der Waals surface area contributed by atoms with Crippen molar-refractivity contribution in [3.05, 3.63) is 48.3 Å². The number of nitrogens with two attached hydrogens (primary N) is 1. The zero-order valence-electron chi connectivity index (χ0n) is 13.0. The highest BCUT2D eigenvalue weighted by molar-refractivity contribution is 5.89. The zero-order chi connectivity index (χ0) is 15.9. The standard InChI is InChI=1S/C18H18N4/c1-18(2,3)22-11-13(9-19)15-8-12(10-21-17(15)22)14-6-4-5-7-16(14)20/h4-8,10-11H,20H2,1-3H3. The highest BCUT2D eigenvalue weighted by Gasteiger charge is 2.20. The molecule has 0 atom stereocenters. The second-order valence-electron chi connectivity index (χ2n) is 6.38. The number of para-hydroxylation sites is 1. The van der Waals surface area contributed by atoms with E-state index >= 15 is 0 Å². The minimum atomic E-state index is -0.131. The lowest BCUT2D eigenvalue weighted by Gasteiger charge is -2.21. The molecule has 0 aliphatic carbocycles. The first-order valence-corrected chi connectivity index (χ1v) is 7.18. The number of hydrogen-bond donors (Lipinski definition) is 1. The fourth-order valence-corrected chi connectivity index (χ4v) is 2.62. The lowest BCUT2D eigenvalue weighted by atomic mass is 10.0. The fraction of sp³-hybridized carbons (Fsp3) is 0.222. The number of nitrogens with zero attached hydrogens (tertiary/aromatic N) is 3. The summed E-state index contributed by atoms with van der Waals surface area (Å²) in [6, 6.07) is 11.9. The summed E-state index contributed by atoms with van der Waals surface area (Å²) in [5.74, 6) is 0. The zero-order valence-corrected chi connectivity index (χ0v) is 13.0. The van der Waals surface area contributed by atoms with Gasteiger partial charge in [-0.2, -0.15) is 5.26 Å². The van der Waals surface area contributed by atoms with E-state index in [2.05, 4.69) is 31.8 Å². The SMILES string of the molecule is CC(C)(C)n1cc(C#N)c2cc(-c3ccccc3N)cnc21. The van der Waals surface area contributed by atoms with Crippen LogP contribution in [0.3, 0.4) is 0 Å². The van der Waals surface area contributed by atoms with Crippen LogP contribution in [0.5, 0.6) is 0 Å². The van der Waals surface area contributed by atoms with Gasteiger partial charge < -0.3 is 10.3 Å². The Bertz CT molecular complexity index is 892. The summed E-state index contributed by atoms with van der Waals surface area (Å²) in [5, 5.41) is 10.3. The third kappa shape index (κ3) is 2.21. The summed E-state index contributed by atoms with van der Waals surface area (Å²) in [5.41, 5.74) is 9.93. The Morgan fingerprint density at radius 3 is 2.59 bits per heavy atom. The summed E-state index contributed by atoms with van der Waals surface area (Å²) in [7, 11) is 0. The maximum Gasteiger partial charge on any atom is 0.141 e. The molecule has 3 rings (SSSR count). The van der Waals surface area contributed by atoms with Gasteiger partial charge in [-0.1, -0.05) is 18.2 Å². The van der Waals surface area contributed by atoms with Crippen molar-refractivity contribution in [2.24, 2.45) is 0 Å². The Balaban J connectivity index is 2.28. The predicted molar refractivity (Wildman–Crippen MR) is 89.3 cm³/mol. The van der Waals surface area contributed by atoms with Crippen LogP contribution >= 0.6 is 0 Å². The van der Waals surface area contributed by atoms with Crippen molar-refractivity contribution in [1.82, 2.24) is 9.55 Å². The van der Waals surface area contributed by atoms with Gasteiger partial charge in [0.25, 0.3) is 0 Å². The number of anilines is 1. The van der Waals surface area contributed by atoms with Gasteiger partial charge in [-0.15, -0.1) is 0 Å². The number of pyridine rings is 1. The van der Waals surface area contributed by atoms with E-state index in [9.17, 15) is 5.26 Å². The van der Waals surface area contributed by atoms with Crippen LogP contribution in [-0.2, 0) is 5.54 Å². The van der Waals surface area contributed by atoms with E-state index in [-0.39, 0.29) is 5.54 Å². The van der Waals surface area contributed by atoms with Crippen molar-refractivity contribution in [3.63, 3.8) is 0 Å². The Hall–Kier alpha value is -2.80. The predicted octanol–water partition coefficient (Wildman–Crippen LogP) is 3.91. The molecule has 0 aliphatic rings. The van der Waals surface area contributed by atoms with E-state index in [1.54, 1.807) is 0 Å². The number of rotatable bonds is 1. The molecule has 2 heterocycles. The summed E-state index contributed by atoms with van der Waals surface area (Å²) in [6.07, 6.45) is 3.69. The van der Waals surface area contributed by atoms with Gasteiger partial charge in [-0.3, -0.25) is 0 Å². The molecule has 0 saturated carbocycles. The van der Waals surface area contributed by atoms with Crippen LogP contribution in [0.15, 0.2) is 42.7 Å². The first-order chi connectivity index (χ1) is 10.4. The third-order valence-corrected chi connectivity index (χ3v) is 3.76. The van der Waals surface area contributed by atoms with Crippen molar-refractivity contribution in [3.8, 4) is 17.2 Å². The molecular weight excluding hydrogens is 272 g/mol. The summed E-state index contributed by atoms with van der Waals surface area (Å²) >= 11 is 0. The van der Waals surface area contributed by atoms with Crippen molar-refractivity contribution in [1.29, 1.82) is 5.26 Å². The van der Waals surface area contributed by atoms with Crippen LogP contribution in [0, 0.1) is 11.3 Å². The van der Waals surface area contributed by atoms with Gasteiger partial charge in [0, 0.05) is 40.1 Å². The van der Waals surface area contributed by atoms with E-state index in [4.69, 9.17) is 5.73 Å². The number of nitrogen functional groups attached to an aromatic ring is 1. The van der Waals surface area contributed by atoms with Crippen LogP contribution in [0.2, 0.25) is 0 Å².